The Kier molecular flexibility index (Phi) is 9.47. The molecule has 1 atom stereocenters. The fraction of sp³-hybridized carbons (Fsp3) is 0.375. The highest BCUT2D eigenvalue weighted by Gasteiger charge is 2.26. The topological polar surface area (TPSA) is 65.1 Å². The number of carbonyl (C=O) groups is 2. The first-order valence-corrected chi connectivity index (χ1v) is 13.9. The van der Waals surface area contributed by atoms with Gasteiger partial charge in [0.2, 0.25) is 5.91 Å². The maximum atomic E-state index is 13.6. The molecule has 206 valence electrons. The fourth-order valence-corrected chi connectivity index (χ4v) is 5.31. The van der Waals surface area contributed by atoms with Gasteiger partial charge in [0.05, 0.1) is 24.3 Å². The van der Waals surface area contributed by atoms with E-state index in [1.807, 2.05) is 92.4 Å². The number of piperazine rings is 1. The second-order valence-corrected chi connectivity index (χ2v) is 9.72. The van der Waals surface area contributed by atoms with Gasteiger partial charge in [-0.25, -0.2) is 0 Å². The van der Waals surface area contributed by atoms with Crippen LogP contribution in [0.15, 0.2) is 72.8 Å². The molecule has 39 heavy (non-hydrogen) atoms. The van der Waals surface area contributed by atoms with Crippen molar-refractivity contribution in [2.75, 3.05) is 61.5 Å². The van der Waals surface area contributed by atoms with Gasteiger partial charge in [-0.3, -0.25) is 9.59 Å². The first kappa shape index (κ1) is 28.0. The summed E-state index contributed by atoms with van der Waals surface area (Å²) in [5.41, 5.74) is 4.23. The quantitative estimate of drug-likeness (QED) is 0.369. The molecule has 0 aliphatic carbocycles. The molecule has 1 N–H and O–H groups in total. The number of nitrogens with zero attached hydrogens (tertiary/aromatic N) is 3. The van der Waals surface area contributed by atoms with Crippen LogP contribution >= 0.6 is 0 Å². The molecule has 0 radical (unpaired) electrons. The summed E-state index contributed by atoms with van der Waals surface area (Å²) in [6.45, 7) is 10.4. The van der Waals surface area contributed by atoms with Crippen molar-refractivity contribution < 1.29 is 14.3 Å². The highest BCUT2D eigenvalue weighted by Crippen LogP contribution is 2.32. The van der Waals surface area contributed by atoms with E-state index in [1.54, 1.807) is 7.11 Å². The third kappa shape index (κ3) is 6.36. The second-order valence-electron chi connectivity index (χ2n) is 9.72. The van der Waals surface area contributed by atoms with Gasteiger partial charge in [-0.2, -0.15) is 0 Å². The van der Waals surface area contributed by atoms with Crippen molar-refractivity contribution >= 4 is 28.9 Å². The van der Waals surface area contributed by atoms with Gasteiger partial charge in [-0.05, 0) is 56.2 Å². The molecule has 1 fully saturated rings. The number of rotatable bonds is 10. The van der Waals surface area contributed by atoms with Crippen LogP contribution in [0.2, 0.25) is 0 Å². The SMILES string of the molecule is CCC(C(=O)Nc1ccc(N2CCN(c3ccccc3OC)CC2)c(C(=O)N(CC)CC)c1)c1ccccc1. The minimum atomic E-state index is -0.254. The third-order valence-corrected chi connectivity index (χ3v) is 7.52. The van der Waals surface area contributed by atoms with Crippen LogP contribution in [0, 0.1) is 0 Å². The minimum Gasteiger partial charge on any atom is -0.495 e. The van der Waals surface area contributed by atoms with Gasteiger partial charge >= 0.3 is 0 Å². The molecule has 1 unspecified atom stereocenters. The van der Waals surface area contributed by atoms with Crippen molar-refractivity contribution in [1.29, 1.82) is 0 Å². The lowest BCUT2D eigenvalue weighted by Crippen LogP contribution is -2.47. The number of amides is 2. The van der Waals surface area contributed by atoms with Crippen LogP contribution in [0.25, 0.3) is 0 Å². The lowest BCUT2D eigenvalue weighted by Gasteiger charge is -2.38. The van der Waals surface area contributed by atoms with Gasteiger partial charge in [-0.1, -0.05) is 49.4 Å². The second kappa shape index (κ2) is 13.2. The normalized spacial score (nSPS) is 14.1. The maximum Gasteiger partial charge on any atom is 0.256 e. The predicted molar refractivity (Wildman–Crippen MR) is 159 cm³/mol. The average Bonchev–Trinajstić information content (AvgIpc) is 2.98. The molecular formula is C32H40N4O3. The van der Waals surface area contributed by atoms with E-state index < -0.39 is 0 Å². The van der Waals surface area contributed by atoms with Gasteiger partial charge in [-0.15, -0.1) is 0 Å². The molecule has 0 spiro atoms. The van der Waals surface area contributed by atoms with Crippen molar-refractivity contribution in [3.8, 4) is 5.75 Å². The number of para-hydroxylation sites is 2. The number of benzene rings is 3. The van der Waals surface area contributed by atoms with Gasteiger partial charge in [0.15, 0.2) is 0 Å². The molecule has 4 rings (SSSR count). The van der Waals surface area contributed by atoms with Gasteiger partial charge < -0.3 is 24.8 Å². The highest BCUT2D eigenvalue weighted by atomic mass is 16.5. The van der Waals surface area contributed by atoms with Crippen molar-refractivity contribution in [3.63, 3.8) is 0 Å². The fourth-order valence-electron chi connectivity index (χ4n) is 5.31. The maximum absolute atomic E-state index is 13.6. The van der Waals surface area contributed by atoms with Crippen molar-refractivity contribution in [2.24, 2.45) is 0 Å². The first-order chi connectivity index (χ1) is 19.0. The summed E-state index contributed by atoms with van der Waals surface area (Å²) in [6.07, 6.45) is 0.690. The Bertz CT molecular complexity index is 1250. The summed E-state index contributed by atoms with van der Waals surface area (Å²) in [6, 6.07) is 23.6. The van der Waals surface area contributed by atoms with Crippen LogP contribution in [0.5, 0.6) is 5.75 Å². The summed E-state index contributed by atoms with van der Waals surface area (Å²) >= 11 is 0. The highest BCUT2D eigenvalue weighted by molar-refractivity contribution is 6.03. The smallest absolute Gasteiger partial charge is 0.256 e. The van der Waals surface area contributed by atoms with E-state index in [0.29, 0.717) is 30.8 Å². The largest absolute Gasteiger partial charge is 0.495 e. The molecule has 1 saturated heterocycles. The monoisotopic (exact) mass is 528 g/mol. The number of hydrogen-bond donors (Lipinski definition) is 1. The van der Waals surface area contributed by atoms with Gasteiger partial charge in [0.1, 0.15) is 5.75 Å². The Morgan fingerprint density at radius 1 is 0.846 bits per heavy atom. The molecule has 3 aromatic rings. The molecule has 1 heterocycles. The van der Waals surface area contributed by atoms with E-state index in [0.717, 1.165) is 48.9 Å². The van der Waals surface area contributed by atoms with E-state index in [9.17, 15) is 9.59 Å². The molecule has 1 aliphatic heterocycles. The van der Waals surface area contributed by atoms with Crippen molar-refractivity contribution in [3.05, 3.63) is 83.9 Å². The Labute approximate surface area is 232 Å². The van der Waals surface area contributed by atoms with Crippen LogP contribution in [-0.2, 0) is 4.79 Å². The average molecular weight is 529 g/mol. The van der Waals surface area contributed by atoms with E-state index >= 15 is 0 Å². The molecule has 3 aromatic carbocycles. The van der Waals surface area contributed by atoms with Crippen molar-refractivity contribution in [2.45, 2.75) is 33.1 Å². The summed E-state index contributed by atoms with van der Waals surface area (Å²) in [7, 11) is 1.70. The number of hydrogen-bond acceptors (Lipinski definition) is 5. The molecule has 1 aliphatic rings. The van der Waals surface area contributed by atoms with Crippen LogP contribution in [0.4, 0.5) is 17.1 Å². The summed E-state index contributed by atoms with van der Waals surface area (Å²) in [4.78, 5) is 33.3. The third-order valence-electron chi connectivity index (χ3n) is 7.52. The van der Waals surface area contributed by atoms with E-state index in [4.69, 9.17) is 4.74 Å². The number of methoxy groups -OCH3 is 1. The standard InChI is InChI=1S/C32H40N4O3/c1-5-26(24-13-9-8-10-14-24)31(37)33-25-17-18-28(27(23-25)32(38)34(6-2)7-3)35-19-21-36(22-20-35)29-15-11-12-16-30(29)39-4/h8-18,23,26H,5-7,19-22H2,1-4H3,(H,33,37). The summed E-state index contributed by atoms with van der Waals surface area (Å²) in [5, 5.41) is 3.08. The zero-order valence-corrected chi connectivity index (χ0v) is 23.5. The lowest BCUT2D eigenvalue weighted by molar-refractivity contribution is -0.117. The van der Waals surface area contributed by atoms with Crippen LogP contribution in [0.1, 0.15) is 49.0 Å². The van der Waals surface area contributed by atoms with Gasteiger partial charge in [0.25, 0.3) is 5.91 Å². The van der Waals surface area contributed by atoms with Crippen molar-refractivity contribution in [1.82, 2.24) is 4.90 Å². The van der Waals surface area contributed by atoms with E-state index in [1.165, 1.54) is 0 Å². The zero-order chi connectivity index (χ0) is 27.8. The van der Waals surface area contributed by atoms with E-state index in [-0.39, 0.29) is 17.7 Å². The number of ether oxygens (including phenoxy) is 1. The molecular weight excluding hydrogens is 488 g/mol. The van der Waals surface area contributed by atoms with Crippen LogP contribution in [0.3, 0.4) is 0 Å². The van der Waals surface area contributed by atoms with Gasteiger partial charge in [0, 0.05) is 50.6 Å². The molecule has 7 nitrogen and oxygen atoms in total. The summed E-state index contributed by atoms with van der Waals surface area (Å²) in [5.74, 6) is 0.525. The predicted octanol–water partition coefficient (Wildman–Crippen LogP) is 5.64. The summed E-state index contributed by atoms with van der Waals surface area (Å²) < 4.78 is 5.57. The molecule has 2 amide bonds. The Morgan fingerprint density at radius 2 is 1.46 bits per heavy atom. The van der Waals surface area contributed by atoms with Crippen LogP contribution in [-0.4, -0.2) is 63.1 Å². The Balaban J connectivity index is 1.57. The molecule has 0 saturated carbocycles. The Morgan fingerprint density at radius 3 is 2.08 bits per heavy atom. The lowest BCUT2D eigenvalue weighted by atomic mass is 9.95. The zero-order valence-electron chi connectivity index (χ0n) is 23.5. The Hall–Kier alpha value is -4.00. The molecule has 0 bridgehead atoms. The molecule has 0 aromatic heterocycles. The number of carbonyl (C=O) groups excluding carboxylic acids is 2. The molecule has 7 heteroatoms. The first-order valence-electron chi connectivity index (χ1n) is 13.9. The number of anilines is 3. The van der Waals surface area contributed by atoms with Crippen LogP contribution < -0.4 is 19.9 Å². The van der Waals surface area contributed by atoms with E-state index in [2.05, 4.69) is 21.2 Å². The number of nitrogens with one attached hydrogen (secondary N) is 1. The minimum absolute atomic E-state index is 0.0200.